The van der Waals surface area contributed by atoms with Crippen LogP contribution in [0.25, 0.3) is 0 Å². The Morgan fingerprint density at radius 3 is 2.55 bits per heavy atom. The van der Waals surface area contributed by atoms with Crippen molar-refractivity contribution in [1.82, 2.24) is 19.4 Å². The minimum Gasteiger partial charge on any atom is -0.346 e. The first-order chi connectivity index (χ1) is 10.5. The normalized spacial score (nSPS) is 25.0. The quantitative estimate of drug-likeness (QED) is 0.795. The smallest absolute Gasteiger partial charge is 0.331 e. The van der Waals surface area contributed by atoms with Gasteiger partial charge in [-0.1, -0.05) is 0 Å². The van der Waals surface area contributed by atoms with E-state index in [1.54, 1.807) is 0 Å². The number of nitrogens with zero attached hydrogens (tertiary/aromatic N) is 3. The van der Waals surface area contributed by atoms with Gasteiger partial charge >= 0.3 is 5.69 Å². The second-order valence-corrected chi connectivity index (χ2v) is 6.24. The third-order valence-electron chi connectivity index (χ3n) is 4.91. The molecular formula is C15H22N4O3. The summed E-state index contributed by atoms with van der Waals surface area (Å²) < 4.78 is 2.22. The van der Waals surface area contributed by atoms with Crippen molar-refractivity contribution < 1.29 is 4.79 Å². The molecule has 7 heteroatoms. The molecule has 0 bridgehead atoms. The molecule has 0 saturated carbocycles. The van der Waals surface area contributed by atoms with E-state index in [1.165, 1.54) is 31.1 Å². The van der Waals surface area contributed by atoms with Crippen molar-refractivity contribution in [3.05, 3.63) is 32.6 Å². The molecule has 3 heterocycles. The van der Waals surface area contributed by atoms with Crippen LogP contribution in [0.3, 0.4) is 0 Å². The van der Waals surface area contributed by atoms with Crippen molar-refractivity contribution >= 4 is 5.91 Å². The summed E-state index contributed by atoms with van der Waals surface area (Å²) in [6.45, 7) is 2.20. The number of rotatable bonds is 2. The molecule has 0 spiro atoms. The summed E-state index contributed by atoms with van der Waals surface area (Å²) in [6, 6.07) is 1.72. The predicted molar refractivity (Wildman–Crippen MR) is 82.0 cm³/mol. The summed E-state index contributed by atoms with van der Waals surface area (Å²) in [4.78, 5) is 38.6. The van der Waals surface area contributed by atoms with E-state index >= 15 is 0 Å². The van der Waals surface area contributed by atoms with E-state index in [-0.39, 0.29) is 17.6 Å². The van der Waals surface area contributed by atoms with Crippen molar-refractivity contribution in [3.63, 3.8) is 0 Å². The largest absolute Gasteiger partial charge is 0.346 e. The van der Waals surface area contributed by atoms with Gasteiger partial charge in [0.1, 0.15) is 5.69 Å². The number of fused-ring (bicyclic) bond motifs is 1. The zero-order valence-electron chi connectivity index (χ0n) is 13.0. The monoisotopic (exact) mass is 306 g/mol. The third-order valence-corrected chi connectivity index (χ3v) is 4.91. The highest BCUT2D eigenvalue weighted by atomic mass is 16.2. The summed E-state index contributed by atoms with van der Waals surface area (Å²) in [5.41, 5.74) is -0.814. The van der Waals surface area contributed by atoms with Gasteiger partial charge in [0.05, 0.1) is 0 Å². The number of aromatic nitrogens is 2. The van der Waals surface area contributed by atoms with Gasteiger partial charge in [-0.3, -0.25) is 23.6 Å². The van der Waals surface area contributed by atoms with Crippen molar-refractivity contribution in [3.8, 4) is 0 Å². The van der Waals surface area contributed by atoms with Gasteiger partial charge in [-0.05, 0) is 38.8 Å². The van der Waals surface area contributed by atoms with Gasteiger partial charge in [-0.15, -0.1) is 0 Å². The summed E-state index contributed by atoms with van der Waals surface area (Å²) in [6.07, 6.45) is 4.28. The van der Waals surface area contributed by atoms with Crippen molar-refractivity contribution in [2.24, 2.45) is 14.1 Å². The Labute approximate surface area is 128 Å². The van der Waals surface area contributed by atoms with E-state index in [0.29, 0.717) is 6.04 Å². The van der Waals surface area contributed by atoms with Crippen LogP contribution in [0, 0.1) is 0 Å². The lowest BCUT2D eigenvalue weighted by Crippen LogP contribution is -2.53. The lowest BCUT2D eigenvalue weighted by Gasteiger charge is -2.37. The number of carbonyl (C=O) groups is 1. The molecule has 2 saturated heterocycles. The maximum Gasteiger partial charge on any atom is 0.331 e. The van der Waals surface area contributed by atoms with Gasteiger partial charge in [-0.2, -0.15) is 0 Å². The molecule has 2 aliphatic rings. The Kier molecular flexibility index (Phi) is 3.90. The molecule has 1 amide bonds. The van der Waals surface area contributed by atoms with Crippen LogP contribution in [0.4, 0.5) is 0 Å². The van der Waals surface area contributed by atoms with Gasteiger partial charge in [-0.25, -0.2) is 4.79 Å². The number of carbonyl (C=O) groups excluding carboxylic acids is 1. The molecule has 1 aromatic rings. The van der Waals surface area contributed by atoms with E-state index in [1.807, 2.05) is 0 Å². The lowest BCUT2D eigenvalue weighted by molar-refractivity contribution is 0.0858. The molecule has 2 aliphatic heterocycles. The van der Waals surface area contributed by atoms with E-state index in [0.717, 1.165) is 36.9 Å². The molecule has 2 atom stereocenters. The first kappa shape index (κ1) is 15.0. The van der Waals surface area contributed by atoms with Gasteiger partial charge < -0.3 is 5.32 Å². The molecule has 0 unspecified atom stereocenters. The molecule has 1 aromatic heterocycles. The first-order valence-corrected chi connectivity index (χ1v) is 7.81. The number of nitrogens with one attached hydrogen (secondary N) is 1. The second kappa shape index (κ2) is 5.72. The molecule has 3 rings (SSSR count). The summed E-state index contributed by atoms with van der Waals surface area (Å²) in [5.74, 6) is -0.337. The summed E-state index contributed by atoms with van der Waals surface area (Å²) in [7, 11) is 2.92. The second-order valence-electron chi connectivity index (χ2n) is 6.24. The fraction of sp³-hybridized carbons (Fsp3) is 0.667. The fourth-order valence-corrected chi connectivity index (χ4v) is 3.65. The molecule has 7 nitrogen and oxygen atoms in total. The number of hydrogen-bond acceptors (Lipinski definition) is 4. The van der Waals surface area contributed by atoms with Crippen molar-refractivity contribution in [1.29, 1.82) is 0 Å². The zero-order chi connectivity index (χ0) is 15.9. The minimum absolute atomic E-state index is 0.0999. The predicted octanol–water partition coefficient (Wildman–Crippen LogP) is -0.559. The van der Waals surface area contributed by atoms with Gasteiger partial charge in [0.15, 0.2) is 0 Å². The molecule has 0 radical (unpaired) electrons. The molecular weight excluding hydrogens is 284 g/mol. The highest BCUT2D eigenvalue weighted by Gasteiger charge is 2.35. The van der Waals surface area contributed by atoms with Crippen molar-refractivity contribution in [2.75, 3.05) is 13.1 Å². The average molecular weight is 306 g/mol. The highest BCUT2D eigenvalue weighted by molar-refractivity contribution is 5.92. The number of piperidine rings is 1. The van der Waals surface area contributed by atoms with Gasteiger partial charge in [0.2, 0.25) is 0 Å². The lowest BCUT2D eigenvalue weighted by atomic mass is 9.96. The number of amides is 1. The average Bonchev–Trinajstić information content (AvgIpc) is 2.98. The Morgan fingerprint density at radius 2 is 1.82 bits per heavy atom. The van der Waals surface area contributed by atoms with Crippen LogP contribution in [0.2, 0.25) is 0 Å². The molecule has 2 fully saturated rings. The molecule has 22 heavy (non-hydrogen) atoms. The third kappa shape index (κ3) is 2.49. The van der Waals surface area contributed by atoms with E-state index in [4.69, 9.17) is 0 Å². The van der Waals surface area contributed by atoms with Crippen LogP contribution in [0.1, 0.15) is 36.2 Å². The van der Waals surface area contributed by atoms with Crippen LogP contribution < -0.4 is 16.6 Å². The van der Waals surface area contributed by atoms with Gasteiger partial charge in [0, 0.05) is 32.2 Å². The molecule has 1 N–H and O–H groups in total. The zero-order valence-corrected chi connectivity index (χ0v) is 13.0. The Morgan fingerprint density at radius 1 is 1.14 bits per heavy atom. The number of hydrogen-bond donors (Lipinski definition) is 1. The summed E-state index contributed by atoms with van der Waals surface area (Å²) >= 11 is 0. The van der Waals surface area contributed by atoms with Crippen LogP contribution >= 0.6 is 0 Å². The fourth-order valence-electron chi connectivity index (χ4n) is 3.65. The molecule has 120 valence electrons. The Hall–Kier alpha value is -1.89. The van der Waals surface area contributed by atoms with Crippen LogP contribution in [0.5, 0.6) is 0 Å². The topological polar surface area (TPSA) is 76.3 Å². The van der Waals surface area contributed by atoms with E-state index in [9.17, 15) is 14.4 Å². The maximum absolute atomic E-state index is 12.5. The van der Waals surface area contributed by atoms with Crippen LogP contribution in [0.15, 0.2) is 15.7 Å². The first-order valence-electron chi connectivity index (χ1n) is 7.81. The van der Waals surface area contributed by atoms with Gasteiger partial charge in [0.25, 0.3) is 11.5 Å². The molecule has 0 aliphatic carbocycles. The van der Waals surface area contributed by atoms with Crippen LogP contribution in [-0.4, -0.2) is 45.1 Å². The Balaban J connectivity index is 1.83. The van der Waals surface area contributed by atoms with Crippen molar-refractivity contribution in [2.45, 2.75) is 37.8 Å². The summed E-state index contributed by atoms with van der Waals surface area (Å²) in [5, 5.41) is 3.03. The van der Waals surface area contributed by atoms with E-state index in [2.05, 4.69) is 10.2 Å². The highest BCUT2D eigenvalue weighted by Crippen LogP contribution is 2.27. The van der Waals surface area contributed by atoms with Crippen LogP contribution in [-0.2, 0) is 14.1 Å². The standard InChI is InChI=1S/C15H22N4O3/c1-17-12(9-13(20)18(2)15(17)22)14(21)16-10-5-3-7-19-8-4-6-11(10)19/h9-11H,3-8H2,1-2H3,(H,16,21)/t10-,11-/m0/s1. The molecule has 0 aromatic carbocycles. The minimum atomic E-state index is -0.483. The van der Waals surface area contributed by atoms with E-state index < -0.39 is 11.2 Å². The SMILES string of the molecule is Cn1c(C(=O)N[C@H]2CCCN3CCC[C@@H]23)cc(=O)n(C)c1=O. The Bertz CT molecular complexity index is 706. The maximum atomic E-state index is 12.5.